The summed E-state index contributed by atoms with van der Waals surface area (Å²) >= 11 is 0. The van der Waals surface area contributed by atoms with Crippen LogP contribution in [0.5, 0.6) is 0 Å². The highest BCUT2D eigenvalue weighted by Gasteiger charge is 2.46. The van der Waals surface area contributed by atoms with Crippen LogP contribution in [-0.4, -0.2) is 109 Å². The molecular weight excluding hydrogens is 480 g/mol. The van der Waals surface area contributed by atoms with Gasteiger partial charge < -0.3 is 29.5 Å². The van der Waals surface area contributed by atoms with Gasteiger partial charge in [-0.2, -0.15) is 0 Å². The summed E-state index contributed by atoms with van der Waals surface area (Å²) in [4.78, 5) is 33.9. The van der Waals surface area contributed by atoms with Crippen molar-refractivity contribution in [3.8, 4) is 0 Å². The van der Waals surface area contributed by atoms with Gasteiger partial charge in [-0.05, 0) is 76.3 Å². The molecule has 2 amide bonds. The molecule has 4 fully saturated rings. The van der Waals surface area contributed by atoms with Gasteiger partial charge >= 0.3 is 0 Å². The average Bonchev–Trinajstić information content (AvgIpc) is 2.86. The molecule has 0 aromatic heterocycles. The molecule has 0 aromatic rings. The van der Waals surface area contributed by atoms with Crippen LogP contribution in [-0.2, 0) is 19.1 Å². The van der Waals surface area contributed by atoms with Crippen LogP contribution in [0.2, 0.25) is 0 Å². The second-order valence-electron chi connectivity index (χ2n) is 13.6. The normalized spacial score (nSPS) is 32.9. The Morgan fingerprint density at radius 2 is 1.82 bits per heavy atom. The number of piperazine rings is 1. The van der Waals surface area contributed by atoms with Gasteiger partial charge in [-0.1, -0.05) is 34.6 Å². The zero-order chi connectivity index (χ0) is 27.4. The Morgan fingerprint density at radius 1 is 1.08 bits per heavy atom. The predicted molar refractivity (Wildman–Crippen MR) is 150 cm³/mol. The number of piperidine rings is 2. The van der Waals surface area contributed by atoms with Crippen molar-refractivity contribution >= 4 is 11.8 Å². The number of likely N-dealkylation sites (tertiary alicyclic amines) is 2. The van der Waals surface area contributed by atoms with Crippen LogP contribution >= 0.6 is 0 Å². The number of ether oxygens (including phenoxy) is 2. The molecule has 0 aromatic carbocycles. The fourth-order valence-corrected chi connectivity index (χ4v) is 6.87. The summed E-state index contributed by atoms with van der Waals surface area (Å²) in [6.45, 7) is 19.5. The van der Waals surface area contributed by atoms with Gasteiger partial charge in [0.05, 0.1) is 31.0 Å². The van der Waals surface area contributed by atoms with Crippen molar-refractivity contribution in [3.63, 3.8) is 0 Å². The zero-order valence-electron chi connectivity index (χ0n) is 24.9. The topological polar surface area (TPSA) is 74.3 Å². The highest BCUT2D eigenvalue weighted by Crippen LogP contribution is 2.35. The minimum Gasteiger partial charge on any atom is -0.371 e. The van der Waals surface area contributed by atoms with Crippen LogP contribution in [0, 0.1) is 17.8 Å². The molecule has 0 radical (unpaired) electrons. The van der Waals surface area contributed by atoms with Gasteiger partial charge in [-0.25, -0.2) is 0 Å². The van der Waals surface area contributed by atoms with Gasteiger partial charge in [0.2, 0.25) is 11.8 Å². The minimum atomic E-state index is -0.393. The van der Waals surface area contributed by atoms with Crippen molar-refractivity contribution in [2.24, 2.45) is 17.8 Å². The molecule has 4 heterocycles. The molecule has 4 aliphatic rings. The number of nitrogens with one attached hydrogen (secondary N) is 1. The third-order valence-electron chi connectivity index (χ3n) is 9.17. The summed E-state index contributed by atoms with van der Waals surface area (Å²) in [5.41, 5.74) is -0.302. The largest absolute Gasteiger partial charge is 0.371 e. The van der Waals surface area contributed by atoms with E-state index in [0.29, 0.717) is 44.6 Å². The minimum absolute atomic E-state index is 0.0547. The molecule has 4 aliphatic heterocycles. The first kappa shape index (κ1) is 29.8. The van der Waals surface area contributed by atoms with E-state index in [2.05, 4.69) is 51.8 Å². The predicted octanol–water partition coefficient (Wildman–Crippen LogP) is 3.14. The lowest BCUT2D eigenvalue weighted by Gasteiger charge is -2.50. The van der Waals surface area contributed by atoms with E-state index < -0.39 is 6.04 Å². The van der Waals surface area contributed by atoms with Crippen molar-refractivity contribution in [1.29, 1.82) is 0 Å². The van der Waals surface area contributed by atoms with E-state index in [1.807, 2.05) is 9.80 Å². The maximum Gasteiger partial charge on any atom is 0.245 e. The number of hydrogen-bond acceptors (Lipinski definition) is 6. The molecule has 8 nitrogen and oxygen atoms in total. The number of amides is 2. The Balaban J connectivity index is 1.34. The first-order valence-corrected chi connectivity index (χ1v) is 15.4. The number of hydrogen-bond donors (Lipinski definition) is 1. The molecule has 38 heavy (non-hydrogen) atoms. The smallest absolute Gasteiger partial charge is 0.245 e. The quantitative estimate of drug-likeness (QED) is 0.516. The molecule has 8 heteroatoms. The average molecular weight is 535 g/mol. The summed E-state index contributed by atoms with van der Waals surface area (Å²) in [6.07, 6.45) is 5.75. The fraction of sp³-hybridized carbons (Fsp3) is 0.933. The molecule has 1 spiro atoms. The molecule has 218 valence electrons. The number of rotatable bonds is 8. The summed E-state index contributed by atoms with van der Waals surface area (Å²) in [7, 11) is 0. The lowest BCUT2D eigenvalue weighted by molar-refractivity contribution is -0.216. The van der Waals surface area contributed by atoms with E-state index in [0.717, 1.165) is 51.4 Å². The van der Waals surface area contributed by atoms with E-state index in [1.165, 1.54) is 12.8 Å². The lowest BCUT2D eigenvalue weighted by atomic mass is 9.85. The monoisotopic (exact) mass is 534 g/mol. The summed E-state index contributed by atoms with van der Waals surface area (Å²) < 4.78 is 12.9. The number of carbonyl (C=O) groups excluding carboxylic acids is 2. The Kier molecular flexibility index (Phi) is 10.2. The van der Waals surface area contributed by atoms with Gasteiger partial charge in [-0.15, -0.1) is 0 Å². The van der Waals surface area contributed by atoms with Gasteiger partial charge in [0.15, 0.2) is 0 Å². The summed E-state index contributed by atoms with van der Waals surface area (Å²) in [5.74, 6) is 1.78. The lowest BCUT2D eigenvalue weighted by Crippen LogP contribution is -2.64. The molecule has 5 atom stereocenters. The van der Waals surface area contributed by atoms with Crippen LogP contribution in [0.4, 0.5) is 0 Å². The maximum absolute atomic E-state index is 14.0. The molecule has 4 rings (SSSR count). The van der Waals surface area contributed by atoms with Crippen LogP contribution in [0.15, 0.2) is 0 Å². The second-order valence-corrected chi connectivity index (χ2v) is 13.6. The van der Waals surface area contributed by atoms with Crippen LogP contribution in [0.1, 0.15) is 80.1 Å². The SMILES string of the molecule is CC(C)C[C@@H]1NCCN([C@@H](CC(C)C)C(=O)N2CCC3(COC(CN4CCC(C)CC4)CO3)C[C@@H]2C)C1=O. The van der Waals surface area contributed by atoms with Crippen LogP contribution < -0.4 is 5.32 Å². The molecule has 2 unspecified atom stereocenters. The van der Waals surface area contributed by atoms with E-state index in [-0.39, 0.29) is 35.6 Å². The fourth-order valence-electron chi connectivity index (χ4n) is 6.87. The summed E-state index contributed by atoms with van der Waals surface area (Å²) in [5, 5.41) is 3.39. The Labute approximate surface area is 231 Å². The Morgan fingerprint density at radius 3 is 2.42 bits per heavy atom. The van der Waals surface area contributed by atoms with Gasteiger partial charge in [0.1, 0.15) is 6.04 Å². The molecule has 4 saturated heterocycles. The van der Waals surface area contributed by atoms with E-state index >= 15 is 0 Å². The summed E-state index contributed by atoms with van der Waals surface area (Å²) in [6, 6.07) is -0.530. The molecule has 0 bridgehead atoms. The molecule has 1 N–H and O–H groups in total. The number of nitrogens with zero attached hydrogens (tertiary/aromatic N) is 3. The highest BCUT2D eigenvalue weighted by atomic mass is 16.6. The second kappa shape index (κ2) is 13.0. The Bertz CT molecular complexity index is 789. The van der Waals surface area contributed by atoms with Gasteiger partial charge in [-0.3, -0.25) is 9.59 Å². The zero-order valence-corrected chi connectivity index (χ0v) is 24.9. The van der Waals surface area contributed by atoms with Crippen molar-refractivity contribution in [3.05, 3.63) is 0 Å². The highest BCUT2D eigenvalue weighted by molar-refractivity contribution is 5.90. The number of carbonyl (C=O) groups is 2. The molecule has 0 saturated carbocycles. The van der Waals surface area contributed by atoms with Gasteiger partial charge in [0.25, 0.3) is 0 Å². The first-order chi connectivity index (χ1) is 18.1. The first-order valence-electron chi connectivity index (χ1n) is 15.4. The Hall–Kier alpha value is -1.22. The van der Waals surface area contributed by atoms with Gasteiger partial charge in [0, 0.05) is 32.2 Å². The van der Waals surface area contributed by atoms with Crippen molar-refractivity contribution < 1.29 is 19.1 Å². The van der Waals surface area contributed by atoms with Crippen LogP contribution in [0.3, 0.4) is 0 Å². The molecular formula is C30H54N4O4. The van der Waals surface area contributed by atoms with Crippen molar-refractivity contribution in [2.75, 3.05) is 52.5 Å². The third kappa shape index (κ3) is 7.29. The molecule has 0 aliphatic carbocycles. The van der Waals surface area contributed by atoms with Crippen molar-refractivity contribution in [1.82, 2.24) is 20.0 Å². The third-order valence-corrected chi connectivity index (χ3v) is 9.17. The van der Waals surface area contributed by atoms with E-state index in [9.17, 15) is 9.59 Å². The van der Waals surface area contributed by atoms with E-state index in [4.69, 9.17) is 9.47 Å². The standard InChI is InChI=1S/C30H54N4O4/c1-21(2)15-26-28(35)34(14-10-31-26)27(16-22(3)4)29(36)33-13-9-30(17-24(33)6)20-37-25(19-38-30)18-32-11-7-23(5)8-12-32/h21-27,31H,7-20H2,1-6H3/t24-,25?,26-,27-,30?/m0/s1. The maximum atomic E-state index is 14.0. The van der Waals surface area contributed by atoms with Crippen molar-refractivity contribution in [2.45, 2.75) is 110 Å². The van der Waals surface area contributed by atoms with E-state index in [1.54, 1.807) is 0 Å². The van der Waals surface area contributed by atoms with Crippen LogP contribution in [0.25, 0.3) is 0 Å².